The van der Waals surface area contributed by atoms with Crippen LogP contribution in [0.3, 0.4) is 0 Å². The number of imide groups is 1. The van der Waals surface area contributed by atoms with Crippen molar-refractivity contribution in [3.8, 4) is 0 Å². The van der Waals surface area contributed by atoms with E-state index in [-0.39, 0.29) is 46.9 Å². The molecular weight excluding hydrogens is 805 g/mol. The molecular formula is C23H9Br4Cl2N3O6. The monoisotopic (exact) mass is 809 g/mol. The molecule has 4 rings (SSSR count). The standard InChI is InChI=1S/C23H9Br4Cl2N3O6/c24-17-15-16(18(25)20(27)19(17)26)23(36)31(22(15)35)30(21(34)12-5-4-10(28)7-13(12)29)8-14(33)9-2-1-3-11(6-9)32(37)38/h1-7H,8H2. The summed E-state index contributed by atoms with van der Waals surface area (Å²) < 4.78 is 1.34. The number of hydrogen-bond donors (Lipinski definition) is 0. The number of rotatable bonds is 6. The van der Waals surface area contributed by atoms with Crippen molar-refractivity contribution in [2.75, 3.05) is 6.54 Å². The normalized spacial score (nSPS) is 12.5. The van der Waals surface area contributed by atoms with E-state index in [9.17, 15) is 29.3 Å². The van der Waals surface area contributed by atoms with Gasteiger partial charge in [-0.15, -0.1) is 0 Å². The zero-order chi connectivity index (χ0) is 28.0. The Morgan fingerprint density at radius 1 is 0.895 bits per heavy atom. The fourth-order valence-corrected chi connectivity index (χ4v) is 6.56. The molecule has 0 atom stereocenters. The number of nitro benzene ring substituents is 1. The number of hydrogen-bond acceptors (Lipinski definition) is 6. The highest BCUT2D eigenvalue weighted by Crippen LogP contribution is 2.45. The number of nitro groups is 1. The molecule has 15 heteroatoms. The van der Waals surface area contributed by atoms with Crippen LogP contribution in [0.15, 0.2) is 60.4 Å². The summed E-state index contributed by atoms with van der Waals surface area (Å²) in [7, 11) is 0. The number of Topliss-reactive ketones (excluding diaryl/α,β-unsaturated/α-hetero) is 1. The number of carbonyl (C=O) groups excluding carboxylic acids is 4. The third-order valence-electron chi connectivity index (χ3n) is 5.39. The summed E-state index contributed by atoms with van der Waals surface area (Å²) in [5, 5.41) is 12.5. The SMILES string of the molecule is O=C(CN(C(=O)c1ccc(Cl)cc1Cl)N1C(=O)c2c(Br)c(Br)c(Br)c(Br)c2C1=O)c1cccc([N+](=O)[O-])c1. The second kappa shape index (κ2) is 11.1. The second-order valence-electron chi connectivity index (χ2n) is 7.65. The summed E-state index contributed by atoms with van der Waals surface area (Å²) in [6, 6.07) is 8.81. The molecule has 3 aromatic carbocycles. The lowest BCUT2D eigenvalue weighted by Gasteiger charge is -2.29. The average Bonchev–Trinajstić information content (AvgIpc) is 3.14. The number of hydrazine groups is 1. The number of amides is 3. The molecule has 1 aliphatic rings. The molecule has 1 aliphatic heterocycles. The van der Waals surface area contributed by atoms with Gasteiger partial charge in [0.2, 0.25) is 0 Å². The van der Waals surface area contributed by atoms with E-state index in [0.717, 1.165) is 6.07 Å². The Bertz CT molecular complexity index is 1550. The van der Waals surface area contributed by atoms with Crippen LogP contribution in [-0.4, -0.2) is 45.0 Å². The van der Waals surface area contributed by atoms with Gasteiger partial charge in [0.25, 0.3) is 23.4 Å². The fourth-order valence-electron chi connectivity index (χ4n) is 3.61. The summed E-state index contributed by atoms with van der Waals surface area (Å²) in [6.45, 7) is -0.817. The molecule has 0 saturated carbocycles. The first-order chi connectivity index (χ1) is 17.8. The molecule has 0 fully saturated rings. The van der Waals surface area contributed by atoms with Gasteiger partial charge in [-0.2, -0.15) is 5.01 Å². The quantitative estimate of drug-likeness (QED) is 0.0636. The van der Waals surface area contributed by atoms with Crippen LogP contribution in [0.2, 0.25) is 10.0 Å². The van der Waals surface area contributed by atoms with E-state index in [2.05, 4.69) is 63.7 Å². The van der Waals surface area contributed by atoms with Crippen LogP contribution >= 0.6 is 86.9 Å². The molecule has 0 unspecified atom stereocenters. The van der Waals surface area contributed by atoms with Crippen LogP contribution in [0.1, 0.15) is 41.4 Å². The highest BCUT2D eigenvalue weighted by atomic mass is 79.9. The predicted octanol–water partition coefficient (Wildman–Crippen LogP) is 7.49. The second-order valence-corrected chi connectivity index (χ2v) is 11.7. The molecule has 0 spiro atoms. The molecule has 0 N–H and O–H groups in total. The van der Waals surface area contributed by atoms with Crippen molar-refractivity contribution in [3.05, 3.63) is 103 Å². The smallest absolute Gasteiger partial charge is 0.282 e. The Morgan fingerprint density at radius 2 is 1.47 bits per heavy atom. The van der Waals surface area contributed by atoms with Gasteiger partial charge in [0.15, 0.2) is 5.78 Å². The van der Waals surface area contributed by atoms with Crippen molar-refractivity contribution in [3.63, 3.8) is 0 Å². The molecule has 9 nitrogen and oxygen atoms in total. The van der Waals surface area contributed by atoms with Crippen LogP contribution in [0, 0.1) is 10.1 Å². The highest BCUT2D eigenvalue weighted by molar-refractivity contribution is 9.15. The van der Waals surface area contributed by atoms with E-state index in [1.54, 1.807) is 0 Å². The van der Waals surface area contributed by atoms with Gasteiger partial charge in [0.05, 0.1) is 26.6 Å². The van der Waals surface area contributed by atoms with Crippen LogP contribution in [-0.2, 0) is 0 Å². The predicted molar refractivity (Wildman–Crippen MR) is 153 cm³/mol. The van der Waals surface area contributed by atoms with Crippen molar-refractivity contribution in [2.24, 2.45) is 0 Å². The lowest BCUT2D eigenvalue weighted by atomic mass is 10.1. The van der Waals surface area contributed by atoms with Crippen LogP contribution in [0.25, 0.3) is 0 Å². The topological polar surface area (TPSA) is 118 Å². The molecule has 0 radical (unpaired) electrons. The van der Waals surface area contributed by atoms with Gasteiger partial charge < -0.3 is 0 Å². The molecule has 3 amide bonds. The average molecular weight is 814 g/mol. The molecule has 1 heterocycles. The van der Waals surface area contributed by atoms with Crippen molar-refractivity contribution < 1.29 is 24.1 Å². The van der Waals surface area contributed by atoms with Crippen LogP contribution < -0.4 is 0 Å². The van der Waals surface area contributed by atoms with Gasteiger partial charge in [0, 0.05) is 40.6 Å². The van der Waals surface area contributed by atoms with E-state index in [1.165, 1.54) is 36.4 Å². The maximum absolute atomic E-state index is 13.7. The van der Waals surface area contributed by atoms with Crippen LogP contribution in [0.5, 0.6) is 0 Å². The van der Waals surface area contributed by atoms with Crippen molar-refractivity contribution in [2.45, 2.75) is 0 Å². The number of non-ortho nitro benzene ring substituents is 1. The summed E-state index contributed by atoms with van der Waals surface area (Å²) in [5.74, 6) is -3.51. The number of carbonyl (C=O) groups is 4. The highest BCUT2D eigenvalue weighted by Gasteiger charge is 2.46. The van der Waals surface area contributed by atoms with Crippen LogP contribution in [0.4, 0.5) is 5.69 Å². The zero-order valence-corrected chi connectivity index (χ0v) is 26.2. The molecule has 0 aromatic heterocycles. The number of fused-ring (bicyclic) bond motifs is 1. The van der Waals surface area contributed by atoms with Gasteiger partial charge in [-0.25, -0.2) is 5.01 Å². The summed E-state index contributed by atoms with van der Waals surface area (Å²) in [5.41, 5.74) is -0.708. The Balaban J connectivity index is 1.84. The molecule has 0 aliphatic carbocycles. The minimum Gasteiger partial charge on any atom is -0.292 e. The number of benzene rings is 3. The maximum Gasteiger partial charge on any atom is 0.282 e. The summed E-state index contributed by atoms with van der Waals surface area (Å²) in [4.78, 5) is 64.6. The third-order valence-corrected chi connectivity index (χ3v) is 10.7. The fraction of sp³-hybridized carbons (Fsp3) is 0.0435. The largest absolute Gasteiger partial charge is 0.292 e. The molecule has 3 aromatic rings. The number of halogens is 6. The number of ketones is 1. The maximum atomic E-state index is 13.7. The lowest BCUT2D eigenvalue weighted by Crippen LogP contribution is -2.51. The summed E-state index contributed by atoms with van der Waals surface area (Å²) >= 11 is 25.5. The van der Waals surface area contributed by atoms with Gasteiger partial charge in [0.1, 0.15) is 6.54 Å². The Labute approximate surface area is 257 Å². The first-order valence-electron chi connectivity index (χ1n) is 10.1. The summed E-state index contributed by atoms with van der Waals surface area (Å²) in [6.07, 6.45) is 0. The zero-order valence-electron chi connectivity index (χ0n) is 18.3. The number of nitrogens with zero attached hydrogens (tertiary/aromatic N) is 3. The molecule has 0 bridgehead atoms. The Kier molecular flexibility index (Phi) is 8.46. The molecule has 38 heavy (non-hydrogen) atoms. The van der Waals surface area contributed by atoms with Gasteiger partial charge in [-0.3, -0.25) is 29.3 Å². The van der Waals surface area contributed by atoms with Gasteiger partial charge >= 0.3 is 0 Å². The third kappa shape index (κ3) is 5.07. The van der Waals surface area contributed by atoms with Crippen molar-refractivity contribution >= 4 is 116 Å². The van der Waals surface area contributed by atoms with Crippen molar-refractivity contribution in [1.29, 1.82) is 0 Å². The lowest BCUT2D eigenvalue weighted by molar-refractivity contribution is -0.384. The van der Waals surface area contributed by atoms with Gasteiger partial charge in [-0.1, -0.05) is 35.3 Å². The Hall–Kier alpha value is -2.16. The molecule has 0 saturated heterocycles. The van der Waals surface area contributed by atoms with E-state index in [1.807, 2.05) is 0 Å². The first-order valence-corrected chi connectivity index (χ1v) is 14.1. The minimum atomic E-state index is -0.953. The minimum absolute atomic E-state index is 0.0558. The van der Waals surface area contributed by atoms with E-state index >= 15 is 0 Å². The van der Waals surface area contributed by atoms with E-state index < -0.39 is 35.0 Å². The van der Waals surface area contributed by atoms with Crippen molar-refractivity contribution in [1.82, 2.24) is 10.0 Å². The first kappa shape index (κ1) is 28.8. The Morgan fingerprint density at radius 3 is 2.00 bits per heavy atom. The van der Waals surface area contributed by atoms with E-state index in [0.29, 0.717) is 19.0 Å². The van der Waals surface area contributed by atoms with E-state index in [4.69, 9.17) is 23.2 Å². The molecule has 194 valence electrons. The van der Waals surface area contributed by atoms with Gasteiger partial charge in [-0.05, 0) is 81.9 Å².